The second-order valence-corrected chi connectivity index (χ2v) is 8.99. The minimum Gasteiger partial charge on any atom is -0.395 e. The van der Waals surface area contributed by atoms with Gasteiger partial charge in [0.05, 0.1) is 54.4 Å². The number of aliphatic hydroxyl groups is 1. The monoisotopic (exact) mass is 441 g/mol. The summed E-state index contributed by atoms with van der Waals surface area (Å²) in [6.07, 6.45) is 2.71. The Morgan fingerprint density at radius 2 is 1.83 bits per heavy atom. The lowest BCUT2D eigenvalue weighted by Crippen LogP contribution is -2.71. The summed E-state index contributed by atoms with van der Waals surface area (Å²) in [5, 5.41) is 10.5. The van der Waals surface area contributed by atoms with Gasteiger partial charge in [0.15, 0.2) is 0 Å². The zero-order chi connectivity index (χ0) is 20.4. The number of halogens is 2. The third kappa shape index (κ3) is 4.58. The Morgan fingerprint density at radius 1 is 1.07 bits per heavy atom. The predicted octanol–water partition coefficient (Wildman–Crippen LogP) is 1.90. The number of amides is 1. The number of likely N-dealkylation sites (tertiary alicyclic amines) is 1. The van der Waals surface area contributed by atoms with Crippen LogP contribution in [0.4, 0.5) is 0 Å². The molecule has 1 aromatic carbocycles. The van der Waals surface area contributed by atoms with Crippen molar-refractivity contribution in [2.45, 2.75) is 37.4 Å². The molecule has 0 aliphatic carbocycles. The average Bonchev–Trinajstić information content (AvgIpc) is 3.25. The fourth-order valence-corrected chi connectivity index (χ4v) is 5.39. The van der Waals surface area contributed by atoms with Crippen molar-refractivity contribution < 1.29 is 14.6 Å². The molecule has 3 fully saturated rings. The number of piperazine rings is 1. The van der Waals surface area contributed by atoms with Gasteiger partial charge in [0.25, 0.3) is 0 Å². The number of rotatable bonds is 5. The van der Waals surface area contributed by atoms with E-state index in [1.54, 1.807) is 12.1 Å². The van der Waals surface area contributed by atoms with Gasteiger partial charge in [0, 0.05) is 19.6 Å². The van der Waals surface area contributed by atoms with Crippen LogP contribution in [0.5, 0.6) is 0 Å². The van der Waals surface area contributed by atoms with Gasteiger partial charge in [-0.25, -0.2) is 0 Å². The van der Waals surface area contributed by atoms with Crippen molar-refractivity contribution >= 4 is 29.1 Å². The van der Waals surface area contributed by atoms with Crippen LogP contribution >= 0.6 is 23.2 Å². The molecule has 160 valence electrons. The molecule has 3 atom stereocenters. The smallest absolute Gasteiger partial charge is 0.227 e. The lowest BCUT2D eigenvalue weighted by molar-refractivity contribution is -0.152. The SMILES string of the molecule is O=C(Cc1ccc(Cl)c(Cl)c1)N1CCN(CCO)[C@@H]2COC[C@H](N3CCCC3)[C@H]21. The van der Waals surface area contributed by atoms with Gasteiger partial charge < -0.3 is 14.7 Å². The highest BCUT2D eigenvalue weighted by Gasteiger charge is 2.47. The van der Waals surface area contributed by atoms with Crippen LogP contribution in [0.2, 0.25) is 10.0 Å². The third-order valence-corrected chi connectivity index (χ3v) is 7.22. The zero-order valence-electron chi connectivity index (χ0n) is 16.6. The van der Waals surface area contributed by atoms with E-state index in [-0.39, 0.29) is 30.6 Å². The molecule has 0 aromatic heterocycles. The molecule has 4 rings (SSSR count). The van der Waals surface area contributed by atoms with E-state index in [1.165, 1.54) is 12.8 Å². The van der Waals surface area contributed by atoms with E-state index in [4.69, 9.17) is 27.9 Å². The van der Waals surface area contributed by atoms with Gasteiger partial charge in [-0.05, 0) is 43.6 Å². The van der Waals surface area contributed by atoms with Crippen LogP contribution in [-0.2, 0) is 16.0 Å². The van der Waals surface area contributed by atoms with Crippen LogP contribution in [0.3, 0.4) is 0 Å². The number of carbonyl (C=O) groups excluding carboxylic acids is 1. The molecule has 3 aliphatic heterocycles. The number of ether oxygens (including phenoxy) is 1. The molecule has 0 radical (unpaired) electrons. The first-order valence-electron chi connectivity index (χ1n) is 10.5. The number of fused-ring (bicyclic) bond motifs is 1. The number of benzene rings is 1. The number of β-amino-alcohol motifs (C(OH)–C–C–N with tert-alkyl or cyclic N) is 1. The van der Waals surface area contributed by atoms with Gasteiger partial charge >= 0.3 is 0 Å². The molecule has 3 aliphatic rings. The lowest BCUT2D eigenvalue weighted by atomic mass is 9.91. The summed E-state index contributed by atoms with van der Waals surface area (Å²) >= 11 is 12.2. The van der Waals surface area contributed by atoms with Crippen LogP contribution in [0.25, 0.3) is 0 Å². The van der Waals surface area contributed by atoms with Crippen molar-refractivity contribution in [3.05, 3.63) is 33.8 Å². The summed E-state index contributed by atoms with van der Waals surface area (Å²) in [5.74, 6) is 0.119. The molecule has 1 N–H and O–H groups in total. The van der Waals surface area contributed by atoms with Gasteiger partial charge in [0.1, 0.15) is 0 Å². The number of carbonyl (C=O) groups is 1. The van der Waals surface area contributed by atoms with Crippen LogP contribution in [-0.4, -0.2) is 96.4 Å². The van der Waals surface area contributed by atoms with Crippen LogP contribution in [0.1, 0.15) is 18.4 Å². The lowest BCUT2D eigenvalue weighted by Gasteiger charge is -2.54. The Labute approximate surface area is 182 Å². The molecule has 0 unspecified atom stereocenters. The highest BCUT2D eigenvalue weighted by Crippen LogP contribution is 2.30. The van der Waals surface area contributed by atoms with Gasteiger partial charge in [-0.3, -0.25) is 14.6 Å². The third-order valence-electron chi connectivity index (χ3n) is 6.48. The molecule has 8 heteroatoms. The summed E-state index contributed by atoms with van der Waals surface area (Å²) in [5.41, 5.74) is 0.878. The van der Waals surface area contributed by atoms with Gasteiger partial charge in [-0.1, -0.05) is 29.3 Å². The topological polar surface area (TPSA) is 56.3 Å². The Morgan fingerprint density at radius 3 is 2.55 bits per heavy atom. The Hall–Kier alpha value is -0.890. The fraction of sp³-hybridized carbons (Fsp3) is 0.667. The molecule has 1 aromatic rings. The fourth-order valence-electron chi connectivity index (χ4n) is 5.07. The maximum atomic E-state index is 13.4. The second kappa shape index (κ2) is 9.50. The summed E-state index contributed by atoms with van der Waals surface area (Å²) in [6, 6.07) is 5.80. The Balaban J connectivity index is 1.56. The van der Waals surface area contributed by atoms with E-state index in [9.17, 15) is 9.90 Å². The van der Waals surface area contributed by atoms with Crippen LogP contribution in [0.15, 0.2) is 18.2 Å². The van der Waals surface area contributed by atoms with Crippen molar-refractivity contribution in [2.24, 2.45) is 0 Å². The first-order valence-corrected chi connectivity index (χ1v) is 11.2. The van der Waals surface area contributed by atoms with Crippen molar-refractivity contribution in [3.8, 4) is 0 Å². The molecule has 29 heavy (non-hydrogen) atoms. The molecular formula is C21H29Cl2N3O3. The average molecular weight is 442 g/mol. The molecule has 1 amide bonds. The number of nitrogens with zero attached hydrogens (tertiary/aromatic N) is 3. The van der Waals surface area contributed by atoms with E-state index in [0.29, 0.717) is 42.8 Å². The second-order valence-electron chi connectivity index (χ2n) is 8.18. The summed E-state index contributed by atoms with van der Waals surface area (Å²) in [7, 11) is 0. The number of aliphatic hydroxyl groups excluding tert-OH is 1. The normalized spacial score (nSPS) is 28.5. The van der Waals surface area contributed by atoms with Crippen molar-refractivity contribution in [1.82, 2.24) is 14.7 Å². The van der Waals surface area contributed by atoms with Gasteiger partial charge in [-0.15, -0.1) is 0 Å². The van der Waals surface area contributed by atoms with E-state index in [1.807, 2.05) is 6.07 Å². The molecule has 0 bridgehead atoms. The maximum absolute atomic E-state index is 13.4. The number of hydrogen-bond donors (Lipinski definition) is 1. The molecular weight excluding hydrogens is 413 g/mol. The largest absolute Gasteiger partial charge is 0.395 e. The van der Waals surface area contributed by atoms with E-state index < -0.39 is 0 Å². The summed E-state index contributed by atoms with van der Waals surface area (Å²) < 4.78 is 5.98. The predicted molar refractivity (Wildman–Crippen MR) is 114 cm³/mol. The highest BCUT2D eigenvalue weighted by molar-refractivity contribution is 6.42. The van der Waals surface area contributed by atoms with Crippen molar-refractivity contribution in [1.29, 1.82) is 0 Å². The minimum absolute atomic E-state index is 0.0809. The molecule has 6 nitrogen and oxygen atoms in total. The molecule has 3 heterocycles. The molecule has 0 spiro atoms. The van der Waals surface area contributed by atoms with E-state index in [2.05, 4.69) is 14.7 Å². The minimum atomic E-state index is 0.0809. The first-order chi connectivity index (χ1) is 14.1. The standard InChI is InChI=1S/C21H29Cl2N3O3/c22-16-4-3-15(11-17(16)23)12-20(28)26-8-7-25(9-10-27)19-14-29-13-18(21(19)26)24-5-1-2-6-24/h3-4,11,18-19,21,27H,1-2,5-10,12-14H2/t18-,19+,21+/m0/s1. The van der Waals surface area contributed by atoms with Gasteiger partial charge in [-0.2, -0.15) is 0 Å². The Kier molecular flexibility index (Phi) is 6.99. The highest BCUT2D eigenvalue weighted by atomic mass is 35.5. The summed E-state index contributed by atoms with van der Waals surface area (Å²) in [6.45, 7) is 5.55. The van der Waals surface area contributed by atoms with Gasteiger partial charge in [0.2, 0.25) is 5.91 Å². The maximum Gasteiger partial charge on any atom is 0.227 e. The molecule has 3 saturated heterocycles. The van der Waals surface area contributed by atoms with Crippen LogP contribution in [0, 0.1) is 0 Å². The Bertz CT molecular complexity index is 729. The molecule has 0 saturated carbocycles. The van der Waals surface area contributed by atoms with Crippen molar-refractivity contribution in [2.75, 3.05) is 52.5 Å². The first kappa shape index (κ1) is 21.3. The zero-order valence-corrected chi connectivity index (χ0v) is 18.1. The van der Waals surface area contributed by atoms with Crippen molar-refractivity contribution in [3.63, 3.8) is 0 Å². The van der Waals surface area contributed by atoms with E-state index >= 15 is 0 Å². The number of hydrogen-bond acceptors (Lipinski definition) is 5. The quantitative estimate of drug-likeness (QED) is 0.755. The van der Waals surface area contributed by atoms with E-state index in [0.717, 1.165) is 25.2 Å². The van der Waals surface area contributed by atoms with Crippen LogP contribution < -0.4 is 0 Å². The summed E-state index contributed by atoms with van der Waals surface area (Å²) in [4.78, 5) is 20.2.